The molecular weight excluding hydrogens is 238 g/mol. The number of pyridine rings is 1. The van der Waals surface area contributed by atoms with E-state index in [9.17, 15) is 0 Å². The molecule has 4 nitrogen and oxygen atoms in total. The first-order chi connectivity index (χ1) is 9.36. The van der Waals surface area contributed by atoms with E-state index in [2.05, 4.69) is 4.40 Å². The first-order valence-corrected chi connectivity index (χ1v) is 6.29. The van der Waals surface area contributed by atoms with E-state index >= 15 is 0 Å². The third-order valence-corrected chi connectivity index (χ3v) is 3.53. The zero-order valence-electron chi connectivity index (χ0n) is 10.3. The molecule has 0 bridgehead atoms. The van der Waals surface area contributed by atoms with Gasteiger partial charge in [-0.05, 0) is 29.8 Å². The van der Waals surface area contributed by atoms with Crippen molar-refractivity contribution in [2.75, 3.05) is 0 Å². The average molecular weight is 251 g/mol. The zero-order valence-corrected chi connectivity index (χ0v) is 10.3. The maximum atomic E-state index is 5.79. The van der Waals surface area contributed by atoms with Crippen LogP contribution in [0.15, 0.2) is 42.6 Å². The number of nitrogens with two attached hydrogens (primary N) is 1. The van der Waals surface area contributed by atoms with Crippen LogP contribution in [0, 0.1) is 0 Å². The van der Waals surface area contributed by atoms with Gasteiger partial charge >= 0.3 is 0 Å². The van der Waals surface area contributed by atoms with Gasteiger partial charge in [-0.3, -0.25) is 4.40 Å². The summed E-state index contributed by atoms with van der Waals surface area (Å²) in [5.74, 6) is 0.900. The van der Waals surface area contributed by atoms with Crippen molar-refractivity contribution in [3.63, 3.8) is 0 Å². The average Bonchev–Trinajstić information content (AvgIpc) is 2.85. The van der Waals surface area contributed by atoms with Gasteiger partial charge in [-0.2, -0.15) is 0 Å². The van der Waals surface area contributed by atoms with Crippen LogP contribution in [0.2, 0.25) is 0 Å². The molecule has 0 atom stereocenters. The van der Waals surface area contributed by atoms with E-state index in [0.29, 0.717) is 13.2 Å². The quantitative estimate of drug-likeness (QED) is 0.722. The van der Waals surface area contributed by atoms with Gasteiger partial charge in [0.1, 0.15) is 18.0 Å². The van der Waals surface area contributed by atoms with E-state index in [0.717, 1.165) is 33.9 Å². The Hall–Kier alpha value is -2.33. The van der Waals surface area contributed by atoms with Crippen LogP contribution < -0.4 is 10.5 Å². The second-order valence-corrected chi connectivity index (χ2v) is 4.66. The molecule has 0 saturated heterocycles. The molecule has 1 aromatic carbocycles. The molecule has 94 valence electrons. The largest absolute Gasteiger partial charge is 0.487 e. The number of aromatic nitrogens is 2. The molecule has 1 aliphatic heterocycles. The van der Waals surface area contributed by atoms with Crippen LogP contribution in [0.25, 0.3) is 16.9 Å². The second-order valence-electron chi connectivity index (χ2n) is 4.66. The molecule has 3 aromatic rings. The predicted octanol–water partition coefficient (Wildman–Crippen LogP) is 2.35. The molecule has 0 spiro atoms. The summed E-state index contributed by atoms with van der Waals surface area (Å²) < 4.78 is 7.86. The monoisotopic (exact) mass is 251 g/mol. The van der Waals surface area contributed by atoms with Crippen LogP contribution in [0.1, 0.15) is 11.3 Å². The van der Waals surface area contributed by atoms with Crippen molar-refractivity contribution >= 4 is 5.65 Å². The number of rotatable bonds is 1. The molecule has 3 heterocycles. The first-order valence-electron chi connectivity index (χ1n) is 6.29. The van der Waals surface area contributed by atoms with Gasteiger partial charge in [0.2, 0.25) is 0 Å². The summed E-state index contributed by atoms with van der Waals surface area (Å²) in [6, 6.07) is 12.1. The molecule has 4 heteroatoms. The first kappa shape index (κ1) is 10.6. The van der Waals surface area contributed by atoms with Gasteiger partial charge in [-0.25, -0.2) is 4.98 Å². The fourth-order valence-corrected chi connectivity index (χ4v) is 2.55. The Balaban J connectivity index is 2.01. The Kier molecular flexibility index (Phi) is 2.13. The molecular formula is C15H13N3O. The van der Waals surface area contributed by atoms with E-state index in [1.165, 1.54) is 0 Å². The number of para-hydroxylation sites is 1. The van der Waals surface area contributed by atoms with Crippen molar-refractivity contribution in [2.45, 2.75) is 13.2 Å². The number of fused-ring (bicyclic) bond motifs is 5. The molecule has 19 heavy (non-hydrogen) atoms. The van der Waals surface area contributed by atoms with Crippen molar-refractivity contribution in [3.05, 3.63) is 53.9 Å². The summed E-state index contributed by atoms with van der Waals surface area (Å²) in [7, 11) is 0. The Morgan fingerprint density at radius 3 is 3.05 bits per heavy atom. The Morgan fingerprint density at radius 1 is 1.26 bits per heavy atom. The highest BCUT2D eigenvalue weighted by Gasteiger charge is 2.22. The SMILES string of the molecule is NCc1ccn2c3c(nc2c1)-c1ccccc1OC3. The molecule has 1 aliphatic rings. The standard InChI is InChI=1S/C15H13N3O/c16-8-10-5-6-18-12-9-19-13-4-2-1-3-11(13)15(12)17-14(18)7-10/h1-7H,8-9,16H2. The summed E-state index contributed by atoms with van der Waals surface area (Å²) in [4.78, 5) is 4.73. The lowest BCUT2D eigenvalue weighted by Gasteiger charge is -2.16. The fourth-order valence-electron chi connectivity index (χ4n) is 2.55. The zero-order chi connectivity index (χ0) is 12.8. The highest BCUT2D eigenvalue weighted by atomic mass is 16.5. The number of benzene rings is 1. The summed E-state index contributed by atoms with van der Waals surface area (Å²) in [5, 5.41) is 0. The van der Waals surface area contributed by atoms with E-state index in [-0.39, 0.29) is 0 Å². The van der Waals surface area contributed by atoms with Gasteiger partial charge in [0.25, 0.3) is 0 Å². The topological polar surface area (TPSA) is 52.5 Å². The highest BCUT2D eigenvalue weighted by Crippen LogP contribution is 2.36. The van der Waals surface area contributed by atoms with Crippen LogP contribution in [-0.2, 0) is 13.2 Å². The van der Waals surface area contributed by atoms with Gasteiger partial charge in [-0.1, -0.05) is 12.1 Å². The molecule has 0 amide bonds. The molecule has 0 fully saturated rings. The minimum Gasteiger partial charge on any atom is -0.487 e. The lowest BCUT2D eigenvalue weighted by Crippen LogP contribution is -2.07. The van der Waals surface area contributed by atoms with Crippen LogP contribution in [0.5, 0.6) is 5.75 Å². The van der Waals surface area contributed by atoms with Crippen molar-refractivity contribution in [3.8, 4) is 17.0 Å². The number of hydrogen-bond acceptors (Lipinski definition) is 3. The Bertz CT molecular complexity index is 776. The smallest absolute Gasteiger partial charge is 0.138 e. The van der Waals surface area contributed by atoms with Gasteiger partial charge in [-0.15, -0.1) is 0 Å². The number of hydrogen-bond donors (Lipinski definition) is 1. The van der Waals surface area contributed by atoms with Crippen molar-refractivity contribution in [1.29, 1.82) is 0 Å². The van der Waals surface area contributed by atoms with Gasteiger partial charge < -0.3 is 10.5 Å². The minimum absolute atomic E-state index is 0.529. The summed E-state index contributed by atoms with van der Waals surface area (Å²) in [5.41, 5.74) is 10.9. The van der Waals surface area contributed by atoms with E-state index in [1.807, 2.05) is 42.6 Å². The molecule has 0 aliphatic carbocycles. The van der Waals surface area contributed by atoms with E-state index in [4.69, 9.17) is 15.5 Å². The van der Waals surface area contributed by atoms with Gasteiger partial charge in [0.05, 0.1) is 11.4 Å². The fraction of sp³-hybridized carbons (Fsp3) is 0.133. The number of nitrogens with zero attached hydrogens (tertiary/aromatic N) is 2. The molecule has 2 aromatic heterocycles. The van der Waals surface area contributed by atoms with Crippen LogP contribution in [0.3, 0.4) is 0 Å². The second kappa shape index (κ2) is 3.83. The molecule has 0 unspecified atom stereocenters. The lowest BCUT2D eigenvalue weighted by atomic mass is 10.1. The normalized spacial score (nSPS) is 12.9. The van der Waals surface area contributed by atoms with Crippen molar-refractivity contribution in [2.24, 2.45) is 5.73 Å². The van der Waals surface area contributed by atoms with Gasteiger partial charge in [0, 0.05) is 18.3 Å². The lowest BCUT2D eigenvalue weighted by molar-refractivity contribution is 0.296. The molecule has 4 rings (SSSR count). The third kappa shape index (κ3) is 1.47. The maximum absolute atomic E-state index is 5.79. The summed E-state index contributed by atoms with van der Waals surface area (Å²) in [6.07, 6.45) is 2.01. The molecule has 0 radical (unpaired) electrons. The number of ether oxygens (including phenoxy) is 1. The van der Waals surface area contributed by atoms with Crippen LogP contribution in [-0.4, -0.2) is 9.38 Å². The highest BCUT2D eigenvalue weighted by molar-refractivity contribution is 5.73. The Labute approximate surface area is 110 Å². The molecule has 0 saturated carbocycles. The summed E-state index contributed by atoms with van der Waals surface area (Å²) in [6.45, 7) is 1.08. The van der Waals surface area contributed by atoms with Crippen LogP contribution in [0.4, 0.5) is 0 Å². The Morgan fingerprint density at radius 2 is 2.16 bits per heavy atom. The van der Waals surface area contributed by atoms with Crippen molar-refractivity contribution in [1.82, 2.24) is 9.38 Å². The molecule has 2 N–H and O–H groups in total. The minimum atomic E-state index is 0.529. The van der Waals surface area contributed by atoms with E-state index in [1.54, 1.807) is 0 Å². The van der Waals surface area contributed by atoms with E-state index < -0.39 is 0 Å². The number of imidazole rings is 1. The van der Waals surface area contributed by atoms with Crippen LogP contribution >= 0.6 is 0 Å². The maximum Gasteiger partial charge on any atom is 0.138 e. The van der Waals surface area contributed by atoms with Crippen molar-refractivity contribution < 1.29 is 4.74 Å². The predicted molar refractivity (Wildman–Crippen MR) is 72.9 cm³/mol. The van der Waals surface area contributed by atoms with Gasteiger partial charge in [0.15, 0.2) is 0 Å². The summed E-state index contributed by atoms with van der Waals surface area (Å²) >= 11 is 0. The third-order valence-electron chi connectivity index (χ3n) is 3.53.